The average Bonchev–Trinajstić information content (AvgIpc) is 2.91. The van der Waals surface area contributed by atoms with Crippen molar-refractivity contribution in [3.63, 3.8) is 0 Å². The fraction of sp³-hybridized carbons (Fsp3) is 0.333. The topological polar surface area (TPSA) is 88.4 Å². The Morgan fingerprint density at radius 1 is 1.38 bits per heavy atom. The van der Waals surface area contributed by atoms with Gasteiger partial charge in [-0.05, 0) is 6.07 Å². The van der Waals surface area contributed by atoms with Crippen molar-refractivity contribution in [1.29, 1.82) is 0 Å². The summed E-state index contributed by atoms with van der Waals surface area (Å²) in [6, 6.07) is 7.11. The number of fused-ring (bicyclic) bond motifs is 1. The lowest BCUT2D eigenvalue weighted by molar-refractivity contribution is -0.128. The monoisotopic (exact) mass is 287 g/mol. The molecule has 1 atom stereocenters. The maximum absolute atomic E-state index is 12.5. The molecule has 0 radical (unpaired) electrons. The Hall–Kier alpha value is -2.18. The van der Waals surface area contributed by atoms with E-state index in [0.29, 0.717) is 18.7 Å². The lowest BCUT2D eigenvalue weighted by Crippen LogP contribution is -2.53. The van der Waals surface area contributed by atoms with Gasteiger partial charge in [0.2, 0.25) is 5.91 Å². The van der Waals surface area contributed by atoms with Gasteiger partial charge in [-0.2, -0.15) is 0 Å². The van der Waals surface area contributed by atoms with E-state index in [-0.39, 0.29) is 18.9 Å². The van der Waals surface area contributed by atoms with Crippen LogP contribution >= 0.6 is 0 Å². The van der Waals surface area contributed by atoms with Gasteiger partial charge >= 0.3 is 0 Å². The molecule has 6 heteroatoms. The highest BCUT2D eigenvalue weighted by Crippen LogP contribution is 2.19. The molecule has 0 bridgehead atoms. The van der Waals surface area contributed by atoms with E-state index >= 15 is 0 Å². The van der Waals surface area contributed by atoms with Crippen LogP contribution in [0.15, 0.2) is 30.5 Å². The second-order valence-electron chi connectivity index (χ2n) is 5.13. The average molecular weight is 287 g/mol. The SMILES string of the molecule is NC(=O)C1COCCN1CC(=O)c1c[nH]c2ccccc12. The minimum absolute atomic E-state index is 0.0272. The molecule has 1 aromatic carbocycles. The van der Waals surface area contributed by atoms with Crippen molar-refractivity contribution < 1.29 is 14.3 Å². The number of carbonyl (C=O) groups excluding carboxylic acids is 2. The van der Waals surface area contributed by atoms with Gasteiger partial charge in [-0.15, -0.1) is 0 Å². The van der Waals surface area contributed by atoms with Crippen LogP contribution in [0.25, 0.3) is 10.9 Å². The molecule has 1 saturated heterocycles. The number of nitrogens with zero attached hydrogens (tertiary/aromatic N) is 1. The van der Waals surface area contributed by atoms with Crippen molar-refractivity contribution in [2.75, 3.05) is 26.3 Å². The molecule has 110 valence electrons. The first-order valence-corrected chi connectivity index (χ1v) is 6.87. The molecule has 1 fully saturated rings. The van der Waals surface area contributed by atoms with Crippen LogP contribution < -0.4 is 5.73 Å². The second-order valence-corrected chi connectivity index (χ2v) is 5.13. The molecule has 1 aliphatic heterocycles. The number of nitrogens with two attached hydrogens (primary N) is 1. The summed E-state index contributed by atoms with van der Waals surface area (Å²) >= 11 is 0. The number of Topliss-reactive ketones (excluding diaryl/α,β-unsaturated/α-hetero) is 1. The van der Waals surface area contributed by atoms with Crippen LogP contribution in [0, 0.1) is 0 Å². The summed E-state index contributed by atoms with van der Waals surface area (Å²) in [5.41, 5.74) is 6.93. The summed E-state index contributed by atoms with van der Waals surface area (Å²) in [5, 5.41) is 0.895. The number of benzene rings is 1. The van der Waals surface area contributed by atoms with E-state index in [1.165, 1.54) is 0 Å². The first kappa shape index (κ1) is 13.8. The first-order valence-electron chi connectivity index (χ1n) is 6.87. The van der Waals surface area contributed by atoms with Crippen LogP contribution in [-0.2, 0) is 9.53 Å². The Labute approximate surface area is 121 Å². The Bertz CT molecular complexity index is 680. The number of ketones is 1. The highest BCUT2D eigenvalue weighted by molar-refractivity contribution is 6.08. The Morgan fingerprint density at radius 2 is 2.19 bits per heavy atom. The largest absolute Gasteiger partial charge is 0.378 e. The van der Waals surface area contributed by atoms with Gasteiger partial charge in [-0.3, -0.25) is 14.5 Å². The number of ether oxygens (including phenoxy) is 1. The number of H-pyrrole nitrogens is 1. The van der Waals surface area contributed by atoms with Crippen molar-refractivity contribution in [1.82, 2.24) is 9.88 Å². The van der Waals surface area contributed by atoms with Crippen molar-refractivity contribution in [2.24, 2.45) is 5.73 Å². The third-order valence-electron chi connectivity index (χ3n) is 3.80. The predicted octanol–water partition coefficient (Wildman–Crippen LogP) is 0.537. The molecular weight excluding hydrogens is 270 g/mol. The molecule has 2 heterocycles. The van der Waals surface area contributed by atoms with Crippen LogP contribution in [0.4, 0.5) is 0 Å². The molecule has 1 unspecified atom stereocenters. The summed E-state index contributed by atoms with van der Waals surface area (Å²) in [6.07, 6.45) is 1.72. The van der Waals surface area contributed by atoms with Gasteiger partial charge in [0.1, 0.15) is 6.04 Å². The number of para-hydroxylation sites is 1. The first-order chi connectivity index (χ1) is 10.2. The molecule has 0 spiro atoms. The molecule has 21 heavy (non-hydrogen) atoms. The van der Waals surface area contributed by atoms with E-state index in [0.717, 1.165) is 10.9 Å². The van der Waals surface area contributed by atoms with Gasteiger partial charge in [0.25, 0.3) is 0 Å². The van der Waals surface area contributed by atoms with Crippen molar-refractivity contribution in [2.45, 2.75) is 6.04 Å². The highest BCUT2D eigenvalue weighted by Gasteiger charge is 2.29. The lowest BCUT2D eigenvalue weighted by atomic mass is 10.1. The molecule has 3 N–H and O–H groups in total. The number of primary amides is 1. The molecule has 2 aromatic rings. The third kappa shape index (κ3) is 2.68. The summed E-state index contributed by atoms with van der Waals surface area (Å²) in [5.74, 6) is -0.484. The van der Waals surface area contributed by atoms with E-state index in [4.69, 9.17) is 10.5 Å². The van der Waals surface area contributed by atoms with E-state index in [1.807, 2.05) is 24.3 Å². The molecule has 0 saturated carbocycles. The number of nitrogens with one attached hydrogen (secondary N) is 1. The summed E-state index contributed by atoms with van der Waals surface area (Å²) < 4.78 is 5.26. The summed E-state index contributed by atoms with van der Waals surface area (Å²) in [4.78, 5) is 28.8. The number of hydrogen-bond donors (Lipinski definition) is 2. The van der Waals surface area contributed by atoms with Crippen molar-refractivity contribution in [3.05, 3.63) is 36.0 Å². The number of carbonyl (C=O) groups is 2. The number of rotatable bonds is 4. The zero-order chi connectivity index (χ0) is 14.8. The number of hydrogen-bond acceptors (Lipinski definition) is 4. The predicted molar refractivity (Wildman–Crippen MR) is 78.0 cm³/mol. The maximum atomic E-state index is 12.5. The normalized spacial score (nSPS) is 19.7. The van der Waals surface area contributed by atoms with Crippen LogP contribution in [-0.4, -0.2) is 53.9 Å². The maximum Gasteiger partial charge on any atom is 0.237 e. The number of morpholine rings is 1. The fourth-order valence-electron chi connectivity index (χ4n) is 2.66. The fourth-order valence-corrected chi connectivity index (χ4v) is 2.66. The van der Waals surface area contributed by atoms with E-state index in [9.17, 15) is 9.59 Å². The molecule has 1 aromatic heterocycles. The quantitative estimate of drug-likeness (QED) is 0.803. The van der Waals surface area contributed by atoms with Crippen LogP contribution in [0.2, 0.25) is 0 Å². The van der Waals surface area contributed by atoms with Gasteiger partial charge in [-0.1, -0.05) is 18.2 Å². The van der Waals surface area contributed by atoms with Crippen molar-refractivity contribution >= 4 is 22.6 Å². The van der Waals surface area contributed by atoms with E-state index in [1.54, 1.807) is 11.1 Å². The zero-order valence-corrected chi connectivity index (χ0v) is 11.5. The lowest BCUT2D eigenvalue weighted by Gasteiger charge is -2.32. The molecule has 6 nitrogen and oxygen atoms in total. The van der Waals surface area contributed by atoms with Crippen LogP contribution in [0.1, 0.15) is 10.4 Å². The minimum atomic E-state index is -0.534. The summed E-state index contributed by atoms with van der Waals surface area (Å²) in [7, 11) is 0. The Kier molecular flexibility index (Phi) is 3.72. The second kappa shape index (κ2) is 5.67. The smallest absolute Gasteiger partial charge is 0.237 e. The number of aromatic amines is 1. The third-order valence-corrected chi connectivity index (χ3v) is 3.80. The molecule has 0 aliphatic carbocycles. The van der Waals surface area contributed by atoms with Gasteiger partial charge < -0.3 is 15.5 Å². The van der Waals surface area contributed by atoms with Crippen LogP contribution in [0.5, 0.6) is 0 Å². The molecule has 1 aliphatic rings. The molecule has 1 amide bonds. The van der Waals surface area contributed by atoms with Gasteiger partial charge in [-0.25, -0.2) is 0 Å². The van der Waals surface area contributed by atoms with Gasteiger partial charge in [0, 0.05) is 29.2 Å². The van der Waals surface area contributed by atoms with Crippen LogP contribution in [0.3, 0.4) is 0 Å². The van der Waals surface area contributed by atoms with E-state index in [2.05, 4.69) is 4.98 Å². The highest BCUT2D eigenvalue weighted by atomic mass is 16.5. The zero-order valence-electron chi connectivity index (χ0n) is 11.5. The number of amides is 1. The van der Waals surface area contributed by atoms with Gasteiger partial charge in [0.15, 0.2) is 5.78 Å². The van der Waals surface area contributed by atoms with Gasteiger partial charge in [0.05, 0.1) is 19.8 Å². The number of aromatic nitrogens is 1. The molecular formula is C15H17N3O3. The Morgan fingerprint density at radius 3 is 3.00 bits per heavy atom. The summed E-state index contributed by atoms with van der Waals surface area (Å²) in [6.45, 7) is 1.45. The van der Waals surface area contributed by atoms with Crippen molar-refractivity contribution in [3.8, 4) is 0 Å². The molecule has 3 rings (SSSR count). The standard InChI is InChI=1S/C15H17N3O3/c16-15(20)13-9-21-6-5-18(13)8-14(19)11-7-17-12-4-2-1-3-10(11)12/h1-4,7,13,17H,5-6,8-9H2,(H2,16,20). The van der Waals surface area contributed by atoms with E-state index < -0.39 is 11.9 Å². The minimum Gasteiger partial charge on any atom is -0.378 e. The Balaban J connectivity index is 1.80.